The summed E-state index contributed by atoms with van der Waals surface area (Å²) in [5, 5.41) is 4.18. The molecule has 122 valence electrons. The van der Waals surface area contributed by atoms with Gasteiger partial charge in [-0.2, -0.15) is 5.10 Å². The van der Waals surface area contributed by atoms with Crippen LogP contribution in [-0.4, -0.2) is 45.2 Å². The molecular weight excluding hydrogens is 282 g/mol. The number of ketones is 1. The van der Waals surface area contributed by atoms with E-state index in [9.17, 15) is 9.59 Å². The van der Waals surface area contributed by atoms with Gasteiger partial charge < -0.3 is 9.64 Å². The zero-order valence-corrected chi connectivity index (χ0v) is 13.8. The van der Waals surface area contributed by atoms with Crippen molar-refractivity contribution in [3.8, 4) is 0 Å². The molecular formula is C16H25N3O3. The van der Waals surface area contributed by atoms with E-state index >= 15 is 0 Å². The Kier molecular flexibility index (Phi) is 4.88. The fraction of sp³-hybridized carbons (Fsp3) is 0.688. The molecule has 1 unspecified atom stereocenters. The van der Waals surface area contributed by atoms with Gasteiger partial charge in [-0.25, -0.2) is 4.79 Å². The summed E-state index contributed by atoms with van der Waals surface area (Å²) in [5.41, 5.74) is 0.427. The van der Waals surface area contributed by atoms with Gasteiger partial charge in [-0.05, 0) is 39.7 Å². The molecule has 1 aromatic heterocycles. The van der Waals surface area contributed by atoms with Crippen LogP contribution >= 0.6 is 0 Å². The minimum atomic E-state index is -0.506. The van der Waals surface area contributed by atoms with Crippen LogP contribution in [0.1, 0.15) is 39.7 Å². The second kappa shape index (κ2) is 6.50. The van der Waals surface area contributed by atoms with Crippen LogP contribution < -0.4 is 0 Å². The normalized spacial score (nSPS) is 18.5. The quantitative estimate of drug-likeness (QED) is 0.856. The predicted octanol–water partition coefficient (Wildman–Crippen LogP) is 2.27. The van der Waals surface area contributed by atoms with Gasteiger partial charge in [0.05, 0.1) is 6.20 Å². The fourth-order valence-electron chi connectivity index (χ4n) is 2.53. The molecule has 0 aliphatic carbocycles. The van der Waals surface area contributed by atoms with Gasteiger partial charge in [0.2, 0.25) is 0 Å². The van der Waals surface area contributed by atoms with Crippen LogP contribution in [-0.2, 0) is 22.5 Å². The van der Waals surface area contributed by atoms with Crippen molar-refractivity contribution < 1.29 is 14.3 Å². The van der Waals surface area contributed by atoms with E-state index in [1.165, 1.54) is 0 Å². The van der Waals surface area contributed by atoms with Gasteiger partial charge in [-0.1, -0.05) is 0 Å². The Hall–Kier alpha value is -1.85. The molecule has 2 rings (SSSR count). The molecule has 22 heavy (non-hydrogen) atoms. The number of amides is 1. The van der Waals surface area contributed by atoms with Crippen molar-refractivity contribution >= 4 is 11.9 Å². The molecule has 1 atom stereocenters. The van der Waals surface area contributed by atoms with Gasteiger partial charge in [-0.3, -0.25) is 9.48 Å². The van der Waals surface area contributed by atoms with Crippen LogP contribution in [0.25, 0.3) is 0 Å². The summed E-state index contributed by atoms with van der Waals surface area (Å²) in [6.07, 6.45) is 4.40. The van der Waals surface area contributed by atoms with Crippen LogP contribution in [0.3, 0.4) is 0 Å². The van der Waals surface area contributed by atoms with Gasteiger partial charge in [0.15, 0.2) is 0 Å². The second-order valence-corrected chi connectivity index (χ2v) is 6.76. The number of rotatable bonds is 4. The molecule has 0 saturated carbocycles. The van der Waals surface area contributed by atoms with Gasteiger partial charge in [0.25, 0.3) is 0 Å². The topological polar surface area (TPSA) is 64.4 Å². The smallest absolute Gasteiger partial charge is 0.410 e. The lowest BCUT2D eigenvalue weighted by molar-refractivity contribution is -0.121. The Morgan fingerprint density at radius 2 is 2.14 bits per heavy atom. The highest BCUT2D eigenvalue weighted by molar-refractivity contribution is 5.84. The first-order valence-corrected chi connectivity index (χ1v) is 7.80. The molecule has 1 aliphatic heterocycles. The molecule has 0 N–H and O–H groups in total. The maximum atomic E-state index is 12.3. The van der Waals surface area contributed by atoms with E-state index in [1.54, 1.807) is 11.1 Å². The minimum Gasteiger partial charge on any atom is -0.444 e. The number of carbonyl (C=O) groups excluding carboxylic acids is 2. The number of carbonyl (C=O) groups is 2. The van der Waals surface area contributed by atoms with Gasteiger partial charge >= 0.3 is 6.09 Å². The lowest BCUT2D eigenvalue weighted by atomic mass is 9.99. The average molecular weight is 307 g/mol. The second-order valence-electron chi connectivity index (χ2n) is 6.76. The van der Waals surface area contributed by atoms with Gasteiger partial charge in [0, 0.05) is 38.2 Å². The van der Waals surface area contributed by atoms with Crippen molar-refractivity contribution in [2.24, 2.45) is 5.92 Å². The Labute approximate surface area is 131 Å². The van der Waals surface area contributed by atoms with E-state index in [1.807, 2.05) is 38.6 Å². The standard InChI is InChI=1S/C16H25N3O3/c1-5-19-10-12(9-17-19)8-14(20)13-6-7-18(11-13)15(21)22-16(2,3)4/h9-10,13H,5-8,11H2,1-4H3. The van der Waals surface area contributed by atoms with Crippen molar-refractivity contribution in [2.45, 2.75) is 52.7 Å². The predicted molar refractivity (Wildman–Crippen MR) is 82.5 cm³/mol. The fourth-order valence-corrected chi connectivity index (χ4v) is 2.53. The van der Waals surface area contributed by atoms with E-state index in [0.717, 1.165) is 12.1 Å². The lowest BCUT2D eigenvalue weighted by Crippen LogP contribution is -2.36. The van der Waals surface area contributed by atoms with E-state index in [2.05, 4.69) is 5.10 Å². The summed E-state index contributed by atoms with van der Waals surface area (Å²) in [5.74, 6) is 0.0687. The largest absolute Gasteiger partial charge is 0.444 e. The number of ether oxygens (including phenoxy) is 1. The van der Waals surface area contributed by atoms with Crippen molar-refractivity contribution in [3.05, 3.63) is 18.0 Å². The summed E-state index contributed by atoms with van der Waals surface area (Å²) < 4.78 is 7.16. The number of Topliss-reactive ketones (excluding diaryl/α,β-unsaturated/α-hetero) is 1. The number of hydrogen-bond acceptors (Lipinski definition) is 4. The lowest BCUT2D eigenvalue weighted by Gasteiger charge is -2.24. The molecule has 1 aliphatic rings. The van der Waals surface area contributed by atoms with Crippen LogP contribution in [0, 0.1) is 5.92 Å². The Balaban J connectivity index is 1.87. The molecule has 0 aromatic carbocycles. The van der Waals surface area contributed by atoms with Gasteiger partial charge in [0.1, 0.15) is 11.4 Å². The third-order valence-electron chi connectivity index (χ3n) is 3.68. The maximum absolute atomic E-state index is 12.3. The highest BCUT2D eigenvalue weighted by Gasteiger charge is 2.33. The third kappa shape index (κ3) is 4.32. The summed E-state index contributed by atoms with van der Waals surface area (Å²) in [4.78, 5) is 26.0. The SMILES string of the molecule is CCn1cc(CC(=O)C2CCN(C(=O)OC(C)(C)C)C2)cn1. The maximum Gasteiger partial charge on any atom is 0.410 e. The van der Waals surface area contributed by atoms with Crippen LogP contribution in [0.4, 0.5) is 4.79 Å². The molecule has 1 aromatic rings. The number of aromatic nitrogens is 2. The molecule has 0 radical (unpaired) electrons. The van der Waals surface area contributed by atoms with E-state index in [4.69, 9.17) is 4.74 Å². The minimum absolute atomic E-state index is 0.0995. The van der Waals surface area contributed by atoms with Crippen molar-refractivity contribution in [1.82, 2.24) is 14.7 Å². The molecule has 1 fully saturated rings. The summed E-state index contributed by atoms with van der Waals surface area (Å²) in [7, 11) is 0. The first-order chi connectivity index (χ1) is 10.3. The Morgan fingerprint density at radius 3 is 2.73 bits per heavy atom. The van der Waals surface area contributed by atoms with E-state index < -0.39 is 5.60 Å². The highest BCUT2D eigenvalue weighted by Crippen LogP contribution is 2.21. The molecule has 0 spiro atoms. The molecule has 6 heteroatoms. The Morgan fingerprint density at radius 1 is 1.41 bits per heavy atom. The first kappa shape index (κ1) is 16.5. The number of likely N-dealkylation sites (tertiary alicyclic amines) is 1. The van der Waals surface area contributed by atoms with Crippen molar-refractivity contribution in [1.29, 1.82) is 0 Å². The summed E-state index contributed by atoms with van der Waals surface area (Å²) in [6, 6.07) is 0. The summed E-state index contributed by atoms with van der Waals surface area (Å²) >= 11 is 0. The monoisotopic (exact) mass is 307 g/mol. The average Bonchev–Trinajstić information content (AvgIpc) is 3.05. The van der Waals surface area contributed by atoms with Crippen molar-refractivity contribution in [3.63, 3.8) is 0 Å². The molecule has 2 heterocycles. The van der Waals surface area contributed by atoms with Crippen LogP contribution in [0.2, 0.25) is 0 Å². The molecule has 1 saturated heterocycles. The first-order valence-electron chi connectivity index (χ1n) is 7.80. The summed E-state index contributed by atoms with van der Waals surface area (Å²) in [6.45, 7) is 9.37. The zero-order chi connectivity index (χ0) is 16.3. The number of nitrogens with zero attached hydrogens (tertiary/aromatic N) is 3. The third-order valence-corrected chi connectivity index (χ3v) is 3.68. The van der Waals surface area contributed by atoms with E-state index in [-0.39, 0.29) is 17.8 Å². The zero-order valence-electron chi connectivity index (χ0n) is 13.8. The van der Waals surface area contributed by atoms with Crippen LogP contribution in [0.5, 0.6) is 0 Å². The van der Waals surface area contributed by atoms with Crippen molar-refractivity contribution in [2.75, 3.05) is 13.1 Å². The van der Waals surface area contributed by atoms with Crippen LogP contribution in [0.15, 0.2) is 12.4 Å². The number of hydrogen-bond donors (Lipinski definition) is 0. The molecule has 0 bridgehead atoms. The highest BCUT2D eigenvalue weighted by atomic mass is 16.6. The molecule has 1 amide bonds. The molecule has 6 nitrogen and oxygen atoms in total. The Bertz CT molecular complexity index is 545. The van der Waals surface area contributed by atoms with E-state index in [0.29, 0.717) is 25.9 Å². The van der Waals surface area contributed by atoms with Gasteiger partial charge in [-0.15, -0.1) is 0 Å². The number of aryl methyl sites for hydroxylation is 1.